The quantitative estimate of drug-likeness (QED) is 0.405. The van der Waals surface area contributed by atoms with Gasteiger partial charge >= 0.3 is 5.97 Å². The maximum absolute atomic E-state index is 11.4. The molecule has 2 heteroatoms. The Kier molecular flexibility index (Phi) is 3.08. The molecule has 0 aromatic carbocycles. The van der Waals surface area contributed by atoms with Crippen LogP contribution in [-0.4, -0.2) is 12.1 Å². The standard InChI is InChI=1S/C13H20O2/c1-8(2)10-7-11(13(10,5)6)15-12(14)9(3)4/h10-11H,1,3,7H2,2,4-6H3. The van der Waals surface area contributed by atoms with E-state index in [0.717, 1.165) is 6.42 Å². The van der Waals surface area contributed by atoms with Gasteiger partial charge in [-0.05, 0) is 26.2 Å². The molecule has 1 rings (SSSR count). The van der Waals surface area contributed by atoms with Crippen LogP contribution >= 0.6 is 0 Å². The highest BCUT2D eigenvalue weighted by Crippen LogP contribution is 2.51. The molecule has 1 aliphatic rings. The summed E-state index contributed by atoms with van der Waals surface area (Å²) in [6.07, 6.45) is 0.893. The maximum atomic E-state index is 11.4. The third-order valence-electron chi connectivity index (χ3n) is 3.37. The number of rotatable bonds is 3. The van der Waals surface area contributed by atoms with Crippen molar-refractivity contribution in [1.29, 1.82) is 0 Å². The summed E-state index contributed by atoms with van der Waals surface area (Å²) in [4.78, 5) is 11.4. The van der Waals surface area contributed by atoms with E-state index in [1.807, 2.05) is 6.92 Å². The fourth-order valence-corrected chi connectivity index (χ4v) is 2.15. The van der Waals surface area contributed by atoms with Crippen molar-refractivity contribution in [3.63, 3.8) is 0 Å². The molecule has 15 heavy (non-hydrogen) atoms. The van der Waals surface area contributed by atoms with Crippen molar-refractivity contribution >= 4 is 5.97 Å². The normalized spacial score (nSPS) is 27.7. The number of carbonyl (C=O) groups excluding carboxylic acids is 1. The SMILES string of the molecule is C=C(C)C(=O)OC1CC(C(=C)C)C1(C)C. The minimum atomic E-state index is -0.284. The minimum absolute atomic E-state index is 0.00315. The van der Waals surface area contributed by atoms with Crippen LogP contribution in [0.1, 0.15) is 34.1 Å². The first-order valence-electron chi connectivity index (χ1n) is 5.28. The lowest BCUT2D eigenvalue weighted by Crippen LogP contribution is -2.51. The van der Waals surface area contributed by atoms with Crippen LogP contribution in [0.25, 0.3) is 0 Å². The lowest BCUT2D eigenvalue weighted by atomic mass is 9.58. The summed E-state index contributed by atoms with van der Waals surface area (Å²) < 4.78 is 5.36. The Morgan fingerprint density at radius 3 is 2.20 bits per heavy atom. The van der Waals surface area contributed by atoms with Crippen LogP contribution in [0.5, 0.6) is 0 Å². The Bertz CT molecular complexity index is 312. The predicted octanol–water partition coefficient (Wildman–Crippen LogP) is 3.10. The molecule has 1 aliphatic carbocycles. The van der Waals surface area contributed by atoms with Gasteiger partial charge in [-0.15, -0.1) is 0 Å². The number of esters is 1. The van der Waals surface area contributed by atoms with Gasteiger partial charge in [-0.3, -0.25) is 0 Å². The zero-order chi connectivity index (χ0) is 11.8. The molecule has 0 saturated heterocycles. The second-order valence-corrected chi connectivity index (χ2v) is 5.13. The summed E-state index contributed by atoms with van der Waals surface area (Å²) in [6, 6.07) is 0. The molecule has 1 saturated carbocycles. The zero-order valence-corrected chi connectivity index (χ0v) is 10.1. The number of carbonyl (C=O) groups is 1. The summed E-state index contributed by atoms with van der Waals surface area (Å²) in [7, 11) is 0. The highest BCUT2D eigenvalue weighted by atomic mass is 16.5. The number of allylic oxidation sites excluding steroid dienone is 1. The average molecular weight is 208 g/mol. The van der Waals surface area contributed by atoms with Crippen molar-refractivity contribution in [2.24, 2.45) is 11.3 Å². The van der Waals surface area contributed by atoms with Gasteiger partial charge in [0.25, 0.3) is 0 Å². The molecule has 0 spiro atoms. The molecule has 2 nitrogen and oxygen atoms in total. The largest absolute Gasteiger partial charge is 0.458 e. The first-order valence-corrected chi connectivity index (χ1v) is 5.28. The van der Waals surface area contributed by atoms with Crippen molar-refractivity contribution < 1.29 is 9.53 Å². The number of hydrogen-bond acceptors (Lipinski definition) is 2. The molecule has 0 N–H and O–H groups in total. The molecule has 0 aromatic heterocycles. The molecular formula is C13H20O2. The zero-order valence-electron chi connectivity index (χ0n) is 10.1. The van der Waals surface area contributed by atoms with Gasteiger partial charge in [0, 0.05) is 11.0 Å². The summed E-state index contributed by atoms with van der Waals surface area (Å²) >= 11 is 0. The van der Waals surface area contributed by atoms with Crippen molar-refractivity contribution in [3.8, 4) is 0 Å². The second-order valence-electron chi connectivity index (χ2n) is 5.13. The Morgan fingerprint density at radius 2 is 1.87 bits per heavy atom. The van der Waals surface area contributed by atoms with Crippen LogP contribution in [-0.2, 0) is 9.53 Å². The van der Waals surface area contributed by atoms with Gasteiger partial charge in [0.2, 0.25) is 0 Å². The molecule has 2 atom stereocenters. The molecule has 1 fully saturated rings. The second kappa shape index (κ2) is 3.84. The van der Waals surface area contributed by atoms with Gasteiger partial charge in [0.05, 0.1) is 0 Å². The molecule has 0 bridgehead atoms. The van der Waals surface area contributed by atoms with E-state index in [-0.39, 0.29) is 17.5 Å². The van der Waals surface area contributed by atoms with Gasteiger partial charge < -0.3 is 4.74 Å². The van der Waals surface area contributed by atoms with Crippen LogP contribution in [0.3, 0.4) is 0 Å². The molecule has 0 aromatic rings. The van der Waals surface area contributed by atoms with Crippen molar-refractivity contribution in [3.05, 3.63) is 24.3 Å². The molecule has 0 radical (unpaired) electrons. The molecule has 0 aliphatic heterocycles. The molecule has 2 unspecified atom stereocenters. The fourth-order valence-electron chi connectivity index (χ4n) is 2.15. The minimum Gasteiger partial charge on any atom is -0.458 e. The molecular weight excluding hydrogens is 188 g/mol. The number of ether oxygens (including phenoxy) is 1. The first-order chi connectivity index (χ1) is 6.76. The third-order valence-corrected chi connectivity index (χ3v) is 3.37. The van der Waals surface area contributed by atoms with E-state index in [1.54, 1.807) is 6.92 Å². The Morgan fingerprint density at radius 1 is 1.33 bits per heavy atom. The highest BCUT2D eigenvalue weighted by molar-refractivity contribution is 5.87. The lowest BCUT2D eigenvalue weighted by Gasteiger charge is -2.51. The van der Waals surface area contributed by atoms with Crippen molar-refractivity contribution in [2.45, 2.75) is 40.2 Å². The van der Waals surface area contributed by atoms with Crippen molar-refractivity contribution in [2.75, 3.05) is 0 Å². The van der Waals surface area contributed by atoms with Crippen LogP contribution < -0.4 is 0 Å². The van der Waals surface area contributed by atoms with E-state index < -0.39 is 0 Å². The highest BCUT2D eigenvalue weighted by Gasteiger charge is 2.50. The molecule has 0 amide bonds. The van der Waals surface area contributed by atoms with E-state index in [9.17, 15) is 4.79 Å². The fraction of sp³-hybridized carbons (Fsp3) is 0.615. The predicted molar refractivity (Wildman–Crippen MR) is 61.4 cm³/mol. The summed E-state index contributed by atoms with van der Waals surface area (Å²) in [5.41, 5.74) is 1.64. The van der Waals surface area contributed by atoms with Gasteiger partial charge in [-0.1, -0.05) is 32.6 Å². The first kappa shape index (κ1) is 12.0. The molecule has 84 valence electrons. The van der Waals surface area contributed by atoms with E-state index in [4.69, 9.17) is 4.74 Å². The smallest absolute Gasteiger partial charge is 0.333 e. The van der Waals surface area contributed by atoms with Gasteiger partial charge in [-0.2, -0.15) is 0 Å². The Labute approximate surface area is 92.0 Å². The summed E-state index contributed by atoms with van der Waals surface area (Å²) in [6.45, 7) is 15.5. The maximum Gasteiger partial charge on any atom is 0.333 e. The van der Waals surface area contributed by atoms with Crippen LogP contribution in [0.4, 0.5) is 0 Å². The van der Waals surface area contributed by atoms with Crippen LogP contribution in [0, 0.1) is 11.3 Å². The average Bonchev–Trinajstić information content (AvgIpc) is 2.10. The van der Waals surface area contributed by atoms with E-state index in [1.165, 1.54) is 5.57 Å². The lowest BCUT2D eigenvalue weighted by molar-refractivity contribution is -0.168. The third kappa shape index (κ3) is 2.14. The Balaban J connectivity index is 2.60. The molecule has 0 heterocycles. The van der Waals surface area contributed by atoms with Gasteiger partial charge in [0.1, 0.15) is 6.10 Å². The van der Waals surface area contributed by atoms with E-state index in [2.05, 4.69) is 27.0 Å². The van der Waals surface area contributed by atoms with Gasteiger partial charge in [-0.25, -0.2) is 4.79 Å². The number of hydrogen-bond donors (Lipinski definition) is 0. The van der Waals surface area contributed by atoms with E-state index >= 15 is 0 Å². The van der Waals surface area contributed by atoms with E-state index in [0.29, 0.717) is 11.5 Å². The van der Waals surface area contributed by atoms with Gasteiger partial charge in [0.15, 0.2) is 0 Å². The Hall–Kier alpha value is -1.05. The summed E-state index contributed by atoms with van der Waals surface area (Å²) in [5.74, 6) is 0.175. The monoisotopic (exact) mass is 208 g/mol. The topological polar surface area (TPSA) is 26.3 Å². The summed E-state index contributed by atoms with van der Waals surface area (Å²) in [5, 5.41) is 0. The van der Waals surface area contributed by atoms with Crippen molar-refractivity contribution in [1.82, 2.24) is 0 Å². The van der Waals surface area contributed by atoms with Crippen LogP contribution in [0.2, 0.25) is 0 Å². The van der Waals surface area contributed by atoms with Crippen LogP contribution in [0.15, 0.2) is 24.3 Å².